The maximum atomic E-state index is 13.0. The van der Waals surface area contributed by atoms with Gasteiger partial charge in [-0.2, -0.15) is 4.31 Å². The van der Waals surface area contributed by atoms with E-state index in [9.17, 15) is 18.0 Å². The number of rotatable bonds is 5. The quantitative estimate of drug-likeness (QED) is 0.692. The number of hydrogen-bond acceptors (Lipinski definition) is 5. The summed E-state index contributed by atoms with van der Waals surface area (Å²) in [5, 5.41) is 3.44. The second kappa shape index (κ2) is 7.53. The van der Waals surface area contributed by atoms with E-state index in [1.165, 1.54) is 21.0 Å². The average molecular weight is 446 g/mol. The normalized spacial score (nSPS) is 18.9. The molecule has 1 saturated heterocycles. The number of nitrogens with zero attached hydrogens (tertiary/aromatic N) is 2. The Labute approximate surface area is 159 Å². The van der Waals surface area contributed by atoms with Crippen LogP contribution in [0.3, 0.4) is 0 Å². The molecular weight excluding hydrogens is 426 g/mol. The first-order valence-corrected chi connectivity index (χ1v) is 10.8. The van der Waals surface area contributed by atoms with Gasteiger partial charge in [-0.1, -0.05) is 15.9 Å². The summed E-state index contributed by atoms with van der Waals surface area (Å²) in [5.74, 6) is -1.04. The van der Waals surface area contributed by atoms with Gasteiger partial charge in [-0.3, -0.25) is 9.36 Å². The number of oxazole rings is 1. The van der Waals surface area contributed by atoms with Gasteiger partial charge in [-0.25, -0.2) is 13.2 Å². The highest BCUT2D eigenvalue weighted by Gasteiger charge is 2.33. The summed E-state index contributed by atoms with van der Waals surface area (Å²) in [6.07, 6.45) is 1.28. The molecule has 142 valence electrons. The summed E-state index contributed by atoms with van der Waals surface area (Å²) in [4.78, 5) is 23.8. The molecule has 0 unspecified atom stereocenters. The largest absolute Gasteiger partial charge is 0.419 e. The molecule has 8 nitrogen and oxygen atoms in total. The number of carbonyl (C=O) groups excluding carboxylic acids is 1. The summed E-state index contributed by atoms with van der Waals surface area (Å²) in [6.45, 7) is 1.01. The average Bonchev–Trinajstić information content (AvgIpc) is 2.93. The van der Waals surface area contributed by atoms with Crippen LogP contribution >= 0.6 is 15.9 Å². The van der Waals surface area contributed by atoms with Crippen LogP contribution in [0.2, 0.25) is 0 Å². The van der Waals surface area contributed by atoms with Gasteiger partial charge in [0.1, 0.15) is 0 Å². The fourth-order valence-electron chi connectivity index (χ4n) is 3.11. The van der Waals surface area contributed by atoms with E-state index in [0.29, 0.717) is 36.8 Å². The predicted octanol–water partition coefficient (Wildman–Crippen LogP) is 1.04. The van der Waals surface area contributed by atoms with E-state index in [0.717, 1.165) is 0 Å². The molecule has 1 aromatic heterocycles. The van der Waals surface area contributed by atoms with Gasteiger partial charge in [0.25, 0.3) is 0 Å². The fraction of sp³-hybridized carbons (Fsp3) is 0.500. The molecule has 1 fully saturated rings. The van der Waals surface area contributed by atoms with Crippen molar-refractivity contribution in [3.63, 3.8) is 0 Å². The number of amides is 1. The highest BCUT2D eigenvalue weighted by atomic mass is 79.9. The van der Waals surface area contributed by atoms with Crippen molar-refractivity contribution >= 4 is 43.0 Å². The van der Waals surface area contributed by atoms with Gasteiger partial charge in [0.05, 0.1) is 16.3 Å². The summed E-state index contributed by atoms with van der Waals surface area (Å²) in [7, 11) is -2.21. The van der Waals surface area contributed by atoms with Gasteiger partial charge in [0, 0.05) is 38.1 Å². The number of piperidine rings is 1. The Balaban J connectivity index is 1.85. The number of aryl methyl sites for hydroxylation is 1. The third-order valence-corrected chi connectivity index (χ3v) is 6.81. The van der Waals surface area contributed by atoms with Crippen molar-refractivity contribution in [3.8, 4) is 0 Å². The minimum Gasteiger partial charge on any atom is -0.408 e. The van der Waals surface area contributed by atoms with Gasteiger partial charge in [-0.15, -0.1) is 0 Å². The Morgan fingerprint density at radius 2 is 2.19 bits per heavy atom. The lowest BCUT2D eigenvalue weighted by molar-refractivity contribution is -0.125. The maximum absolute atomic E-state index is 13.0. The topological polar surface area (TPSA) is 102 Å². The number of fused-ring (bicyclic) bond motifs is 1. The molecule has 2 heterocycles. The van der Waals surface area contributed by atoms with Crippen LogP contribution in [0.15, 0.2) is 32.3 Å². The van der Waals surface area contributed by atoms with Crippen LogP contribution in [-0.4, -0.2) is 48.2 Å². The number of carbonyl (C=O) groups is 1. The second-order valence-corrected chi connectivity index (χ2v) is 8.97. The lowest BCUT2D eigenvalue weighted by Gasteiger charge is -2.31. The predicted molar refractivity (Wildman–Crippen MR) is 99.7 cm³/mol. The Kier molecular flexibility index (Phi) is 5.54. The van der Waals surface area contributed by atoms with E-state index in [2.05, 4.69) is 21.2 Å². The van der Waals surface area contributed by atoms with E-state index in [1.807, 2.05) is 0 Å². The van der Waals surface area contributed by atoms with E-state index >= 15 is 0 Å². The van der Waals surface area contributed by atoms with Crippen LogP contribution in [0.1, 0.15) is 12.8 Å². The van der Waals surface area contributed by atoms with Crippen molar-refractivity contribution in [2.45, 2.75) is 17.7 Å². The number of hydrogen-bond donors (Lipinski definition) is 1. The number of aromatic nitrogens is 1. The molecule has 1 N–H and O–H groups in total. The van der Waals surface area contributed by atoms with Crippen molar-refractivity contribution < 1.29 is 17.6 Å². The minimum absolute atomic E-state index is 0.0564. The lowest BCUT2D eigenvalue weighted by Crippen LogP contribution is -2.45. The molecule has 1 amide bonds. The van der Waals surface area contributed by atoms with Gasteiger partial charge in [0.2, 0.25) is 15.9 Å². The van der Waals surface area contributed by atoms with E-state index < -0.39 is 15.8 Å². The van der Waals surface area contributed by atoms with E-state index in [-0.39, 0.29) is 28.8 Å². The highest BCUT2D eigenvalue weighted by Crippen LogP contribution is 2.26. The Morgan fingerprint density at radius 3 is 2.92 bits per heavy atom. The second-order valence-electron chi connectivity index (χ2n) is 6.24. The van der Waals surface area contributed by atoms with Crippen LogP contribution < -0.4 is 11.1 Å². The lowest BCUT2D eigenvalue weighted by atomic mass is 9.99. The molecular formula is C16H20BrN3O5S. The van der Waals surface area contributed by atoms with Crippen molar-refractivity contribution in [1.29, 1.82) is 0 Å². The molecule has 26 heavy (non-hydrogen) atoms. The van der Waals surface area contributed by atoms with Crippen LogP contribution in [-0.2, 0) is 21.9 Å². The molecule has 2 aromatic rings. The van der Waals surface area contributed by atoms with Crippen LogP contribution in [0, 0.1) is 5.92 Å². The Morgan fingerprint density at radius 1 is 1.42 bits per heavy atom. The fourth-order valence-corrected chi connectivity index (χ4v) is 4.85. The van der Waals surface area contributed by atoms with Crippen molar-refractivity contribution in [2.75, 3.05) is 25.0 Å². The summed E-state index contributed by atoms with van der Waals surface area (Å²) >= 11 is 3.25. The molecule has 0 bridgehead atoms. The third-order valence-electron chi connectivity index (χ3n) is 4.55. The molecule has 1 aromatic carbocycles. The zero-order valence-electron chi connectivity index (χ0n) is 14.3. The number of sulfonamides is 1. The van der Waals surface area contributed by atoms with Crippen molar-refractivity contribution in [2.24, 2.45) is 13.0 Å². The molecule has 0 spiro atoms. The summed E-state index contributed by atoms with van der Waals surface area (Å²) in [5.41, 5.74) is 0.752. The maximum Gasteiger partial charge on any atom is 0.419 e. The molecule has 1 aliphatic heterocycles. The van der Waals surface area contributed by atoms with Gasteiger partial charge in [-0.05, 0) is 25.0 Å². The molecule has 1 aliphatic rings. The van der Waals surface area contributed by atoms with E-state index in [1.54, 1.807) is 13.1 Å². The molecule has 0 radical (unpaired) electrons. The molecule has 1 atom stereocenters. The third kappa shape index (κ3) is 3.58. The smallest absolute Gasteiger partial charge is 0.408 e. The monoisotopic (exact) mass is 445 g/mol. The summed E-state index contributed by atoms with van der Waals surface area (Å²) in [6, 6.07) is 4.37. The minimum atomic E-state index is -3.77. The van der Waals surface area contributed by atoms with Crippen molar-refractivity contribution in [1.82, 2.24) is 14.2 Å². The molecule has 0 saturated carbocycles. The first-order valence-electron chi connectivity index (χ1n) is 8.28. The first-order chi connectivity index (χ1) is 12.3. The zero-order chi connectivity index (χ0) is 18.9. The van der Waals surface area contributed by atoms with Gasteiger partial charge < -0.3 is 9.73 Å². The van der Waals surface area contributed by atoms with Crippen LogP contribution in [0.25, 0.3) is 11.1 Å². The number of nitrogens with one attached hydrogen (secondary N) is 1. The summed E-state index contributed by atoms with van der Waals surface area (Å²) < 4.78 is 33.7. The number of halogens is 1. The van der Waals surface area contributed by atoms with E-state index in [4.69, 9.17) is 4.42 Å². The number of benzene rings is 1. The Hall–Kier alpha value is -1.65. The van der Waals surface area contributed by atoms with Gasteiger partial charge >= 0.3 is 5.76 Å². The molecule has 3 rings (SSSR count). The van der Waals surface area contributed by atoms with Gasteiger partial charge in [0.15, 0.2) is 5.58 Å². The first kappa shape index (κ1) is 19.1. The molecule has 0 aliphatic carbocycles. The Bertz CT molecular complexity index is 981. The van der Waals surface area contributed by atoms with Crippen LogP contribution in [0.5, 0.6) is 0 Å². The van der Waals surface area contributed by atoms with Crippen molar-refractivity contribution in [3.05, 3.63) is 28.7 Å². The number of alkyl halides is 1. The molecule has 10 heteroatoms. The van der Waals surface area contributed by atoms with Crippen LogP contribution in [0.4, 0.5) is 0 Å². The zero-order valence-corrected chi connectivity index (χ0v) is 16.7. The standard InChI is InChI=1S/C16H20BrN3O5S/c1-19-13-5-4-12(9-14(13)25-16(19)22)26(23,24)20-8-2-3-11(10-20)15(21)18-7-6-17/h4-5,9,11H,2-3,6-8,10H2,1H3,(H,18,21)/t11-/m1/s1. The SMILES string of the molecule is Cn1c(=O)oc2cc(S(=O)(=O)N3CCC[C@@H](C(=O)NCCBr)C3)ccc21. The highest BCUT2D eigenvalue weighted by molar-refractivity contribution is 9.09.